The molecule has 0 unspecified atom stereocenters. The molecule has 1 aromatic carbocycles. The van der Waals surface area contributed by atoms with Crippen molar-refractivity contribution in [2.75, 3.05) is 13.1 Å². The van der Waals surface area contributed by atoms with E-state index in [1.165, 1.54) is 35.8 Å². The standard InChI is InChI=1S/C25H25N3O3S/c1-15-9-11-28(12-10-15)14-21-26-24(23-18-3-2-4-20(18)32-25(23)27-21)30-17-7-5-16-6-8-22(29)31-19(16)13-17/h5-8,13,15H,2-4,9-12,14H2,1H3. The Labute approximate surface area is 189 Å². The van der Waals surface area contributed by atoms with Crippen LogP contribution >= 0.6 is 11.3 Å². The molecule has 164 valence electrons. The molecule has 1 aliphatic carbocycles. The maximum absolute atomic E-state index is 11.6. The van der Waals surface area contributed by atoms with Gasteiger partial charge in [-0.15, -0.1) is 11.3 Å². The predicted octanol–water partition coefficient (Wildman–Crippen LogP) is 5.31. The maximum atomic E-state index is 11.6. The van der Waals surface area contributed by atoms with Gasteiger partial charge in [-0.1, -0.05) is 6.92 Å². The van der Waals surface area contributed by atoms with E-state index in [-0.39, 0.29) is 5.63 Å². The number of aromatic nitrogens is 2. The maximum Gasteiger partial charge on any atom is 0.336 e. The Kier molecular flexibility index (Phi) is 4.96. The van der Waals surface area contributed by atoms with Crippen LogP contribution in [0.4, 0.5) is 0 Å². The van der Waals surface area contributed by atoms with Crippen LogP contribution in [0.5, 0.6) is 11.6 Å². The second-order valence-corrected chi connectivity index (χ2v) is 10.1. The van der Waals surface area contributed by atoms with Crippen molar-refractivity contribution in [2.45, 2.75) is 45.6 Å². The van der Waals surface area contributed by atoms with Crippen molar-refractivity contribution in [2.24, 2.45) is 5.92 Å². The third-order valence-electron chi connectivity index (χ3n) is 6.63. The fourth-order valence-corrected chi connectivity index (χ4v) is 6.06. The quantitative estimate of drug-likeness (QED) is 0.395. The molecule has 1 aliphatic heterocycles. The molecule has 3 aromatic heterocycles. The molecular formula is C25H25N3O3S. The number of nitrogens with zero attached hydrogens (tertiary/aromatic N) is 3. The number of benzene rings is 1. The van der Waals surface area contributed by atoms with E-state index in [2.05, 4.69) is 11.8 Å². The highest BCUT2D eigenvalue weighted by Gasteiger charge is 2.25. The summed E-state index contributed by atoms with van der Waals surface area (Å²) >= 11 is 1.78. The van der Waals surface area contributed by atoms with Gasteiger partial charge in [0.25, 0.3) is 0 Å². The van der Waals surface area contributed by atoms with Crippen molar-refractivity contribution in [1.29, 1.82) is 0 Å². The van der Waals surface area contributed by atoms with E-state index in [1.54, 1.807) is 23.5 Å². The summed E-state index contributed by atoms with van der Waals surface area (Å²) in [4.78, 5) is 26.4. The van der Waals surface area contributed by atoms with Crippen LogP contribution < -0.4 is 10.4 Å². The molecule has 0 N–H and O–H groups in total. The molecule has 1 fully saturated rings. The second kappa shape index (κ2) is 7.98. The smallest absolute Gasteiger partial charge is 0.336 e. The molecule has 6 rings (SSSR count). The Balaban J connectivity index is 1.39. The molecule has 0 spiro atoms. The number of piperidine rings is 1. The predicted molar refractivity (Wildman–Crippen MR) is 126 cm³/mol. The SMILES string of the molecule is CC1CCN(Cc2nc(Oc3ccc4ccc(=O)oc4c3)c3c4c(sc3n2)CCC4)CC1. The van der Waals surface area contributed by atoms with Crippen molar-refractivity contribution in [3.05, 3.63) is 57.0 Å². The monoisotopic (exact) mass is 447 g/mol. The minimum atomic E-state index is -0.368. The summed E-state index contributed by atoms with van der Waals surface area (Å²) in [5.41, 5.74) is 1.48. The lowest BCUT2D eigenvalue weighted by atomic mass is 9.99. The Morgan fingerprint density at radius 2 is 2.00 bits per heavy atom. The first-order valence-corrected chi connectivity index (χ1v) is 12.2. The second-order valence-electron chi connectivity index (χ2n) is 9.00. The third kappa shape index (κ3) is 3.69. The highest BCUT2D eigenvalue weighted by Crippen LogP contribution is 2.41. The van der Waals surface area contributed by atoms with Gasteiger partial charge in [0.05, 0.1) is 11.9 Å². The van der Waals surface area contributed by atoms with Gasteiger partial charge in [-0.25, -0.2) is 9.78 Å². The summed E-state index contributed by atoms with van der Waals surface area (Å²) in [5, 5.41) is 1.91. The van der Waals surface area contributed by atoms with E-state index in [1.807, 2.05) is 12.1 Å². The molecule has 0 bridgehead atoms. The number of fused-ring (bicyclic) bond motifs is 4. The molecule has 0 amide bonds. The van der Waals surface area contributed by atoms with Crippen LogP contribution in [0.15, 0.2) is 39.5 Å². The number of hydrogen-bond donors (Lipinski definition) is 0. The first-order valence-electron chi connectivity index (χ1n) is 11.4. The van der Waals surface area contributed by atoms with E-state index in [9.17, 15) is 4.79 Å². The van der Waals surface area contributed by atoms with E-state index in [4.69, 9.17) is 19.1 Å². The van der Waals surface area contributed by atoms with Crippen LogP contribution in [0, 0.1) is 5.92 Å². The molecule has 0 radical (unpaired) electrons. The van der Waals surface area contributed by atoms with Gasteiger partial charge in [0.15, 0.2) is 0 Å². The van der Waals surface area contributed by atoms with Gasteiger partial charge in [0.1, 0.15) is 22.0 Å². The summed E-state index contributed by atoms with van der Waals surface area (Å²) in [6.45, 7) is 5.24. The van der Waals surface area contributed by atoms with Crippen molar-refractivity contribution < 1.29 is 9.15 Å². The topological polar surface area (TPSA) is 68.5 Å². The highest BCUT2D eigenvalue weighted by molar-refractivity contribution is 7.19. The number of aryl methyl sites for hydroxylation is 2. The summed E-state index contributed by atoms with van der Waals surface area (Å²) in [7, 11) is 0. The average Bonchev–Trinajstić information content (AvgIpc) is 3.36. The number of hydrogen-bond acceptors (Lipinski definition) is 7. The number of thiophene rings is 1. The van der Waals surface area contributed by atoms with Crippen molar-refractivity contribution in [1.82, 2.24) is 14.9 Å². The lowest BCUT2D eigenvalue weighted by Crippen LogP contribution is -2.32. The molecule has 0 atom stereocenters. The molecule has 4 aromatic rings. The van der Waals surface area contributed by atoms with E-state index >= 15 is 0 Å². The van der Waals surface area contributed by atoms with Crippen molar-refractivity contribution in [3.63, 3.8) is 0 Å². The van der Waals surface area contributed by atoms with Gasteiger partial charge in [-0.3, -0.25) is 4.90 Å². The van der Waals surface area contributed by atoms with Crippen molar-refractivity contribution in [3.8, 4) is 11.6 Å². The van der Waals surface area contributed by atoms with Gasteiger partial charge in [0, 0.05) is 22.4 Å². The molecular weight excluding hydrogens is 422 g/mol. The normalized spacial score (nSPS) is 17.3. The van der Waals surface area contributed by atoms with Crippen molar-refractivity contribution >= 4 is 32.5 Å². The van der Waals surface area contributed by atoms with Gasteiger partial charge in [-0.2, -0.15) is 4.98 Å². The van der Waals surface area contributed by atoms with Crippen LogP contribution in [0.25, 0.3) is 21.2 Å². The summed E-state index contributed by atoms with van der Waals surface area (Å²) in [6, 6.07) is 8.76. The lowest BCUT2D eigenvalue weighted by Gasteiger charge is -2.29. The largest absolute Gasteiger partial charge is 0.438 e. The zero-order valence-corrected chi connectivity index (χ0v) is 18.9. The highest BCUT2D eigenvalue weighted by atomic mass is 32.1. The van der Waals surface area contributed by atoms with Crippen LogP contribution in [0.3, 0.4) is 0 Å². The summed E-state index contributed by atoms with van der Waals surface area (Å²) in [6.07, 6.45) is 5.77. The summed E-state index contributed by atoms with van der Waals surface area (Å²) in [5.74, 6) is 2.84. The Hall–Kier alpha value is -2.77. The fraction of sp³-hybridized carbons (Fsp3) is 0.400. The molecule has 7 heteroatoms. The average molecular weight is 448 g/mol. The number of likely N-dealkylation sites (tertiary alicyclic amines) is 1. The van der Waals surface area contributed by atoms with Crippen LogP contribution in [0.1, 0.15) is 42.5 Å². The number of ether oxygens (including phenoxy) is 1. The molecule has 32 heavy (non-hydrogen) atoms. The first kappa shape index (κ1) is 19.9. The van der Waals surface area contributed by atoms with Gasteiger partial charge >= 0.3 is 5.63 Å². The first-order chi connectivity index (χ1) is 15.6. The van der Waals surface area contributed by atoms with Gasteiger partial charge in [0.2, 0.25) is 5.88 Å². The van der Waals surface area contributed by atoms with Gasteiger partial charge < -0.3 is 9.15 Å². The Morgan fingerprint density at radius 1 is 1.16 bits per heavy atom. The zero-order chi connectivity index (χ0) is 21.7. The van der Waals surface area contributed by atoms with E-state index in [0.29, 0.717) is 17.2 Å². The minimum Gasteiger partial charge on any atom is -0.438 e. The van der Waals surface area contributed by atoms with Gasteiger partial charge in [-0.05, 0) is 74.9 Å². The lowest BCUT2D eigenvalue weighted by molar-refractivity contribution is 0.181. The molecule has 2 aliphatic rings. The minimum absolute atomic E-state index is 0.368. The molecule has 0 saturated carbocycles. The van der Waals surface area contributed by atoms with Crippen LogP contribution in [-0.4, -0.2) is 28.0 Å². The number of rotatable bonds is 4. The Bertz CT molecular complexity index is 1370. The molecule has 4 heterocycles. The summed E-state index contributed by atoms with van der Waals surface area (Å²) < 4.78 is 11.7. The zero-order valence-electron chi connectivity index (χ0n) is 18.1. The van der Waals surface area contributed by atoms with Crippen LogP contribution in [-0.2, 0) is 19.4 Å². The van der Waals surface area contributed by atoms with E-state index in [0.717, 1.165) is 59.8 Å². The third-order valence-corrected chi connectivity index (χ3v) is 7.81. The fourth-order valence-electron chi connectivity index (χ4n) is 4.79. The molecule has 6 nitrogen and oxygen atoms in total. The Morgan fingerprint density at radius 3 is 2.88 bits per heavy atom. The molecule has 1 saturated heterocycles. The van der Waals surface area contributed by atoms with E-state index < -0.39 is 0 Å². The van der Waals surface area contributed by atoms with Crippen LogP contribution in [0.2, 0.25) is 0 Å².